The highest BCUT2D eigenvalue weighted by Gasteiger charge is 2.35. The van der Waals surface area contributed by atoms with Crippen LogP contribution in [0.4, 0.5) is 45.5 Å². The molecule has 0 spiro atoms. The highest BCUT2D eigenvalue weighted by Crippen LogP contribution is 2.38. The molecular weight excluding hydrogens is 886 g/mol. The number of carbonyl (C=O) groups is 4. The number of primary amides is 1. The molecule has 16 nitrogen and oxygen atoms in total. The van der Waals surface area contributed by atoms with E-state index < -0.39 is 35.3 Å². The number of urea groups is 2. The summed E-state index contributed by atoms with van der Waals surface area (Å²) < 4.78 is 54.4. The van der Waals surface area contributed by atoms with Gasteiger partial charge in [-0.3, -0.25) is 19.6 Å². The van der Waals surface area contributed by atoms with E-state index in [4.69, 9.17) is 15.2 Å². The molecule has 0 aliphatic rings. The molecule has 0 atom stereocenters. The summed E-state index contributed by atoms with van der Waals surface area (Å²) in [4.78, 5) is 64.1. The van der Waals surface area contributed by atoms with E-state index in [9.17, 15) is 32.3 Å². The molecule has 65 heavy (non-hydrogen) atoms. The monoisotopic (exact) mass is 920 g/mol. The van der Waals surface area contributed by atoms with Gasteiger partial charge in [-0.25, -0.2) is 19.6 Å². The van der Waals surface area contributed by atoms with E-state index in [0.717, 1.165) is 37.1 Å². The van der Waals surface area contributed by atoms with Crippen molar-refractivity contribution in [2.24, 2.45) is 5.73 Å². The normalized spacial score (nSPS) is 10.9. The maximum absolute atomic E-state index is 13.7. The number of anilines is 4. The second kappa shape index (κ2) is 19.5. The molecule has 0 saturated carbocycles. The molecule has 0 aliphatic carbocycles. The van der Waals surface area contributed by atoms with Crippen molar-refractivity contribution in [1.29, 1.82) is 0 Å². The minimum Gasteiger partial charge on any atom is -0.457 e. The number of nitrogens with zero attached hydrogens (tertiary/aromatic N) is 4. The number of carbonyl (C=O) groups excluding carboxylic acids is 4. The summed E-state index contributed by atoms with van der Waals surface area (Å²) in [7, 11) is 1.42. The van der Waals surface area contributed by atoms with Crippen molar-refractivity contribution in [2.75, 3.05) is 28.3 Å². The standard InChI is InChI=1S/C23H18F3N5O3S.C21H17N5O3S/c1-12-29-18-9-13(3-6-20(18)35-12)30-22(33)31-17-5-4-14(10-16(17)23(24,25)26)34-15-7-8-28-19(11-15)21(32)27-2;1-12-24-17-10-14(4-7-19(17)30-12)26-21(28)25-13-2-5-15(6-3-13)29-16-8-9-23-18(11-16)20(22)27/h3-11H,1-2H3,(H,27,32)(H2,30,31,33);2-11H,1H3,(H2,22,27)(H2,25,26,28). The summed E-state index contributed by atoms with van der Waals surface area (Å²) in [5, 5.41) is 14.5. The highest BCUT2D eigenvalue weighted by atomic mass is 32.1. The first-order valence-electron chi connectivity index (χ1n) is 19.1. The quantitative estimate of drug-likeness (QED) is 0.0761. The number of aryl methyl sites for hydroxylation is 2. The van der Waals surface area contributed by atoms with Crippen LogP contribution >= 0.6 is 22.7 Å². The van der Waals surface area contributed by atoms with Crippen LogP contribution in [0.3, 0.4) is 0 Å². The molecule has 0 radical (unpaired) electrons. The Kier molecular flexibility index (Phi) is 13.4. The zero-order valence-corrected chi connectivity index (χ0v) is 35.9. The largest absolute Gasteiger partial charge is 0.457 e. The average Bonchev–Trinajstić information content (AvgIpc) is 3.84. The number of aromatic nitrogens is 4. The molecule has 4 aromatic carbocycles. The van der Waals surface area contributed by atoms with Crippen molar-refractivity contribution in [3.8, 4) is 23.0 Å². The number of nitrogens with two attached hydrogens (primary N) is 1. The number of hydrogen-bond donors (Lipinski definition) is 6. The third-order valence-electron chi connectivity index (χ3n) is 8.81. The van der Waals surface area contributed by atoms with E-state index in [2.05, 4.69) is 46.5 Å². The van der Waals surface area contributed by atoms with Gasteiger partial charge >= 0.3 is 18.2 Å². The van der Waals surface area contributed by atoms with E-state index in [-0.39, 0.29) is 28.9 Å². The van der Waals surface area contributed by atoms with Crippen LogP contribution in [0.1, 0.15) is 36.6 Å². The van der Waals surface area contributed by atoms with Gasteiger partial charge in [0.15, 0.2) is 0 Å². The summed E-state index contributed by atoms with van der Waals surface area (Å²) in [5.41, 5.74) is 7.01. The molecule has 6 amide bonds. The predicted octanol–water partition coefficient (Wildman–Crippen LogP) is 10.3. The van der Waals surface area contributed by atoms with Gasteiger partial charge in [-0.2, -0.15) is 13.2 Å². The van der Waals surface area contributed by atoms with Gasteiger partial charge < -0.3 is 41.8 Å². The van der Waals surface area contributed by atoms with Gasteiger partial charge in [0.25, 0.3) is 11.8 Å². The fourth-order valence-corrected chi connectivity index (χ4v) is 7.58. The Morgan fingerprint density at radius 3 is 1.62 bits per heavy atom. The molecule has 8 aromatic rings. The first-order valence-corrected chi connectivity index (χ1v) is 20.7. The van der Waals surface area contributed by atoms with Gasteiger partial charge in [0.05, 0.1) is 41.7 Å². The number of amides is 6. The van der Waals surface area contributed by atoms with Crippen molar-refractivity contribution in [3.63, 3.8) is 0 Å². The number of fused-ring (bicyclic) bond motifs is 2. The Balaban J connectivity index is 0.000000196. The second-order valence-electron chi connectivity index (χ2n) is 13.6. The molecule has 7 N–H and O–H groups in total. The van der Waals surface area contributed by atoms with Crippen LogP contribution < -0.4 is 41.8 Å². The number of rotatable bonds is 10. The van der Waals surface area contributed by atoms with Crippen LogP contribution in [0.15, 0.2) is 116 Å². The Morgan fingerprint density at radius 2 is 1.06 bits per heavy atom. The van der Waals surface area contributed by atoms with Gasteiger partial charge in [0.2, 0.25) is 0 Å². The van der Waals surface area contributed by atoms with Crippen LogP contribution in [-0.2, 0) is 6.18 Å². The lowest BCUT2D eigenvalue weighted by molar-refractivity contribution is -0.137. The van der Waals surface area contributed by atoms with Crippen LogP contribution in [0, 0.1) is 13.8 Å². The topological polar surface area (TPSA) is 224 Å². The fraction of sp³-hybridized carbons (Fsp3) is 0.0909. The first kappa shape index (κ1) is 44.9. The SMILES string of the molecule is CNC(=O)c1cc(Oc2ccc(NC(=O)Nc3ccc4sc(C)nc4c3)c(C(F)(F)F)c2)ccn1.Cc1nc2cc(NC(=O)Nc3ccc(Oc4ccnc(C(N)=O)c4)cc3)ccc2s1. The number of hydrogen-bond acceptors (Lipinski definition) is 12. The average molecular weight is 921 g/mol. The lowest BCUT2D eigenvalue weighted by Crippen LogP contribution is -2.22. The Bertz CT molecular complexity index is 3070. The summed E-state index contributed by atoms with van der Waals surface area (Å²) in [5.74, 6) is -0.146. The number of alkyl halides is 3. The second-order valence-corrected chi connectivity index (χ2v) is 16.1. The van der Waals surface area contributed by atoms with E-state index in [1.165, 1.54) is 55.0 Å². The fourth-order valence-electron chi connectivity index (χ4n) is 5.96. The van der Waals surface area contributed by atoms with E-state index in [1.807, 2.05) is 32.0 Å². The third kappa shape index (κ3) is 11.9. The van der Waals surface area contributed by atoms with Crippen LogP contribution in [0.5, 0.6) is 23.0 Å². The van der Waals surface area contributed by atoms with E-state index in [0.29, 0.717) is 34.1 Å². The lowest BCUT2D eigenvalue weighted by Gasteiger charge is -2.16. The molecule has 0 unspecified atom stereocenters. The zero-order chi connectivity index (χ0) is 46.3. The van der Waals surface area contributed by atoms with Crippen molar-refractivity contribution >= 4 is 89.7 Å². The van der Waals surface area contributed by atoms with Crippen LogP contribution in [0.2, 0.25) is 0 Å². The number of nitrogens with one attached hydrogen (secondary N) is 5. The summed E-state index contributed by atoms with van der Waals surface area (Å²) in [6, 6.07) is 25.2. The Hall–Kier alpha value is -8.17. The summed E-state index contributed by atoms with van der Waals surface area (Å²) in [6.07, 6.45) is -2.03. The maximum atomic E-state index is 13.7. The molecule has 0 fully saturated rings. The number of thiazole rings is 2. The lowest BCUT2D eigenvalue weighted by atomic mass is 10.1. The number of pyridine rings is 2. The van der Waals surface area contributed by atoms with Crippen LogP contribution in [0.25, 0.3) is 20.4 Å². The van der Waals surface area contributed by atoms with Gasteiger partial charge in [-0.05, 0) is 105 Å². The van der Waals surface area contributed by atoms with Crippen molar-refractivity contribution in [2.45, 2.75) is 20.0 Å². The molecule has 0 aliphatic heterocycles. The summed E-state index contributed by atoms with van der Waals surface area (Å²) >= 11 is 3.10. The molecule has 330 valence electrons. The molecule has 0 bridgehead atoms. The minimum atomic E-state index is -4.77. The first-order chi connectivity index (χ1) is 31.1. The van der Waals surface area contributed by atoms with Crippen molar-refractivity contribution in [3.05, 3.63) is 142 Å². The van der Waals surface area contributed by atoms with Crippen molar-refractivity contribution in [1.82, 2.24) is 25.3 Å². The van der Waals surface area contributed by atoms with E-state index >= 15 is 0 Å². The van der Waals surface area contributed by atoms with Gasteiger partial charge in [-0.1, -0.05) is 0 Å². The number of benzene rings is 4. The van der Waals surface area contributed by atoms with Gasteiger partial charge in [0.1, 0.15) is 34.4 Å². The van der Waals surface area contributed by atoms with E-state index in [1.54, 1.807) is 59.9 Å². The Labute approximate surface area is 375 Å². The van der Waals surface area contributed by atoms with Gasteiger partial charge in [-0.15, -0.1) is 22.7 Å². The van der Waals surface area contributed by atoms with Crippen LogP contribution in [-0.4, -0.2) is 50.9 Å². The molecule has 8 rings (SSSR count). The number of halogens is 3. The molecule has 0 saturated heterocycles. The molecule has 4 aromatic heterocycles. The third-order valence-corrected chi connectivity index (χ3v) is 10.7. The minimum absolute atomic E-state index is 0.0435. The highest BCUT2D eigenvalue weighted by molar-refractivity contribution is 7.18. The molecule has 4 heterocycles. The molecule has 21 heteroatoms. The predicted molar refractivity (Wildman–Crippen MR) is 242 cm³/mol. The number of ether oxygens (including phenoxy) is 2. The van der Waals surface area contributed by atoms with Gasteiger partial charge in [0, 0.05) is 48.6 Å². The zero-order valence-electron chi connectivity index (χ0n) is 34.2. The maximum Gasteiger partial charge on any atom is 0.418 e. The van der Waals surface area contributed by atoms with Crippen molar-refractivity contribution < 1.29 is 41.8 Å². The Morgan fingerprint density at radius 1 is 0.585 bits per heavy atom. The smallest absolute Gasteiger partial charge is 0.418 e. The summed E-state index contributed by atoms with van der Waals surface area (Å²) in [6.45, 7) is 3.80. The molecular formula is C44H35F3N10O6S2.